The Morgan fingerprint density at radius 1 is 1.00 bits per heavy atom. The molecule has 0 saturated heterocycles. The van der Waals surface area contributed by atoms with Crippen molar-refractivity contribution in [2.45, 2.75) is 37.7 Å². The lowest BCUT2D eigenvalue weighted by Gasteiger charge is -2.26. The lowest BCUT2D eigenvalue weighted by molar-refractivity contribution is 0.0610. The van der Waals surface area contributed by atoms with Crippen molar-refractivity contribution in [2.75, 3.05) is 0 Å². The molecule has 0 atom stereocenters. The molecule has 15 heavy (non-hydrogen) atoms. The van der Waals surface area contributed by atoms with Crippen LogP contribution in [0.5, 0.6) is 0 Å². The summed E-state index contributed by atoms with van der Waals surface area (Å²) < 4.78 is 0. The average molecular weight is 200 g/mol. The largest absolute Gasteiger partial charge is 0.378 e. The fraction of sp³-hybridized carbons (Fsp3) is 0.429. The van der Waals surface area contributed by atoms with Crippen molar-refractivity contribution in [3.05, 3.63) is 35.9 Å². The van der Waals surface area contributed by atoms with Crippen LogP contribution in [0.15, 0.2) is 30.3 Å². The molecule has 0 radical (unpaired) electrons. The molecular formula is C14H16O. The Kier molecular flexibility index (Phi) is 3.08. The highest BCUT2D eigenvalue weighted by atomic mass is 16.3. The van der Waals surface area contributed by atoms with E-state index in [1.165, 1.54) is 6.42 Å². The number of hydrogen-bond donors (Lipinski definition) is 1. The van der Waals surface area contributed by atoms with Crippen LogP contribution in [0, 0.1) is 11.8 Å². The molecule has 0 heterocycles. The van der Waals surface area contributed by atoms with E-state index in [9.17, 15) is 5.11 Å². The van der Waals surface area contributed by atoms with Crippen LogP contribution < -0.4 is 0 Å². The van der Waals surface area contributed by atoms with Crippen LogP contribution in [0.1, 0.15) is 37.7 Å². The molecule has 1 nitrogen and oxygen atoms in total. The van der Waals surface area contributed by atoms with E-state index in [-0.39, 0.29) is 0 Å². The van der Waals surface area contributed by atoms with Gasteiger partial charge >= 0.3 is 0 Å². The van der Waals surface area contributed by atoms with Gasteiger partial charge in [0.25, 0.3) is 0 Å². The van der Waals surface area contributed by atoms with Crippen molar-refractivity contribution < 1.29 is 5.11 Å². The van der Waals surface area contributed by atoms with Gasteiger partial charge in [0.05, 0.1) is 0 Å². The molecule has 0 amide bonds. The Balaban J connectivity index is 2.10. The molecule has 1 aliphatic carbocycles. The molecule has 2 rings (SSSR count). The van der Waals surface area contributed by atoms with Crippen molar-refractivity contribution in [1.82, 2.24) is 0 Å². The zero-order chi connectivity index (χ0) is 10.6. The average Bonchev–Trinajstić information content (AvgIpc) is 2.29. The molecule has 1 aromatic rings. The van der Waals surface area contributed by atoms with E-state index in [4.69, 9.17) is 0 Å². The number of aliphatic hydroxyl groups is 1. The van der Waals surface area contributed by atoms with Gasteiger partial charge in [-0.1, -0.05) is 36.5 Å². The summed E-state index contributed by atoms with van der Waals surface area (Å²) in [6.07, 6.45) is 5.08. The maximum atomic E-state index is 10.2. The van der Waals surface area contributed by atoms with Crippen LogP contribution in [-0.2, 0) is 0 Å². The molecule has 1 aromatic carbocycles. The first-order valence-corrected chi connectivity index (χ1v) is 5.59. The minimum Gasteiger partial charge on any atom is -0.378 e. The molecule has 1 fully saturated rings. The van der Waals surface area contributed by atoms with Gasteiger partial charge in [-0.2, -0.15) is 0 Å². The summed E-state index contributed by atoms with van der Waals surface area (Å²) in [4.78, 5) is 0. The van der Waals surface area contributed by atoms with Crippen molar-refractivity contribution in [3.8, 4) is 11.8 Å². The third-order valence-electron chi connectivity index (χ3n) is 2.89. The maximum absolute atomic E-state index is 10.2. The van der Waals surface area contributed by atoms with Crippen LogP contribution in [0.2, 0.25) is 0 Å². The van der Waals surface area contributed by atoms with Gasteiger partial charge in [-0.05, 0) is 37.8 Å². The van der Waals surface area contributed by atoms with Crippen LogP contribution in [0.3, 0.4) is 0 Å². The van der Waals surface area contributed by atoms with E-state index < -0.39 is 5.60 Å². The number of rotatable bonds is 0. The van der Waals surface area contributed by atoms with Crippen LogP contribution in [-0.4, -0.2) is 10.7 Å². The molecule has 0 aliphatic heterocycles. The third-order valence-corrected chi connectivity index (χ3v) is 2.89. The summed E-state index contributed by atoms with van der Waals surface area (Å²) in [7, 11) is 0. The fourth-order valence-corrected chi connectivity index (χ4v) is 1.97. The quantitative estimate of drug-likeness (QED) is 0.638. The van der Waals surface area contributed by atoms with Crippen LogP contribution in [0.4, 0.5) is 0 Å². The Labute approximate surface area is 91.1 Å². The van der Waals surface area contributed by atoms with Crippen molar-refractivity contribution in [3.63, 3.8) is 0 Å². The molecule has 78 valence electrons. The zero-order valence-corrected chi connectivity index (χ0v) is 8.87. The van der Waals surface area contributed by atoms with Crippen molar-refractivity contribution in [2.24, 2.45) is 0 Å². The van der Waals surface area contributed by atoms with E-state index in [2.05, 4.69) is 11.8 Å². The second kappa shape index (κ2) is 4.51. The van der Waals surface area contributed by atoms with Gasteiger partial charge in [0.1, 0.15) is 5.60 Å². The second-order valence-corrected chi connectivity index (χ2v) is 4.21. The number of benzene rings is 1. The summed E-state index contributed by atoms with van der Waals surface area (Å²) in [6.45, 7) is 0. The molecule has 1 aliphatic rings. The molecule has 1 saturated carbocycles. The van der Waals surface area contributed by atoms with Gasteiger partial charge in [0.15, 0.2) is 0 Å². The predicted octanol–water partition coefficient (Wildman–Crippen LogP) is 2.73. The van der Waals surface area contributed by atoms with Gasteiger partial charge in [0.2, 0.25) is 0 Å². The maximum Gasteiger partial charge on any atom is 0.125 e. The fourth-order valence-electron chi connectivity index (χ4n) is 1.97. The molecule has 1 N–H and O–H groups in total. The van der Waals surface area contributed by atoms with Crippen molar-refractivity contribution in [1.29, 1.82) is 0 Å². The Bertz CT molecular complexity index is 363. The monoisotopic (exact) mass is 200 g/mol. The van der Waals surface area contributed by atoms with E-state index >= 15 is 0 Å². The summed E-state index contributed by atoms with van der Waals surface area (Å²) in [5.74, 6) is 6.07. The Hall–Kier alpha value is -1.26. The normalized spacial score (nSPS) is 19.0. The summed E-state index contributed by atoms with van der Waals surface area (Å²) in [6, 6.07) is 9.85. The highest BCUT2D eigenvalue weighted by Gasteiger charge is 2.26. The van der Waals surface area contributed by atoms with Crippen molar-refractivity contribution >= 4 is 0 Å². The first-order valence-electron chi connectivity index (χ1n) is 5.59. The zero-order valence-electron chi connectivity index (χ0n) is 8.87. The standard InChI is InChI=1S/C14H16O/c15-14(10-5-2-6-11-14)12-9-13-7-3-1-4-8-13/h1,3-4,7-8,15H,2,5-6,10-11H2. The summed E-state index contributed by atoms with van der Waals surface area (Å²) in [5, 5.41) is 10.2. The highest BCUT2D eigenvalue weighted by molar-refractivity contribution is 5.36. The van der Waals surface area contributed by atoms with E-state index in [0.717, 1.165) is 31.2 Å². The first-order chi connectivity index (χ1) is 7.29. The van der Waals surface area contributed by atoms with Gasteiger partial charge in [-0.25, -0.2) is 0 Å². The van der Waals surface area contributed by atoms with Crippen LogP contribution in [0.25, 0.3) is 0 Å². The molecule has 1 heteroatoms. The van der Waals surface area contributed by atoms with Gasteiger partial charge < -0.3 is 5.11 Å². The van der Waals surface area contributed by atoms with E-state index in [0.29, 0.717) is 0 Å². The SMILES string of the molecule is OC1(C#Cc2ccccc2)CCCCC1. The minimum atomic E-state index is -0.728. The number of hydrogen-bond acceptors (Lipinski definition) is 1. The van der Waals surface area contributed by atoms with Gasteiger partial charge in [-0.3, -0.25) is 0 Å². The second-order valence-electron chi connectivity index (χ2n) is 4.21. The third kappa shape index (κ3) is 2.84. The molecule has 0 aromatic heterocycles. The molecule has 0 bridgehead atoms. The lowest BCUT2D eigenvalue weighted by Crippen LogP contribution is -2.29. The lowest BCUT2D eigenvalue weighted by atomic mass is 9.85. The van der Waals surface area contributed by atoms with E-state index in [1.54, 1.807) is 0 Å². The highest BCUT2D eigenvalue weighted by Crippen LogP contribution is 2.27. The predicted molar refractivity (Wildman–Crippen MR) is 61.4 cm³/mol. The Morgan fingerprint density at radius 2 is 1.67 bits per heavy atom. The summed E-state index contributed by atoms with van der Waals surface area (Å²) >= 11 is 0. The van der Waals surface area contributed by atoms with Crippen LogP contribution >= 0.6 is 0 Å². The topological polar surface area (TPSA) is 20.2 Å². The smallest absolute Gasteiger partial charge is 0.125 e. The first kappa shape index (κ1) is 10.3. The molecule has 0 spiro atoms. The minimum absolute atomic E-state index is 0.728. The van der Waals surface area contributed by atoms with Gasteiger partial charge in [-0.15, -0.1) is 0 Å². The molecule has 0 unspecified atom stereocenters. The molecular weight excluding hydrogens is 184 g/mol. The Morgan fingerprint density at radius 3 is 2.33 bits per heavy atom. The summed E-state index contributed by atoms with van der Waals surface area (Å²) in [5.41, 5.74) is 0.255. The van der Waals surface area contributed by atoms with Gasteiger partial charge in [0, 0.05) is 5.56 Å². The van der Waals surface area contributed by atoms with E-state index in [1.807, 2.05) is 30.3 Å².